The zero-order chi connectivity index (χ0) is 21.9. The summed E-state index contributed by atoms with van der Waals surface area (Å²) in [4.78, 5) is 13.7. The van der Waals surface area contributed by atoms with Crippen LogP contribution in [0, 0.1) is 0 Å². The van der Waals surface area contributed by atoms with E-state index in [2.05, 4.69) is 46.4 Å². The predicted octanol–water partition coefficient (Wildman–Crippen LogP) is 8.13. The van der Waals surface area contributed by atoms with Gasteiger partial charge in [0, 0.05) is 42.1 Å². The molecule has 0 atom stereocenters. The molecule has 0 radical (unpaired) electrons. The molecule has 4 aromatic carbocycles. The van der Waals surface area contributed by atoms with E-state index in [1.807, 2.05) is 48.5 Å². The summed E-state index contributed by atoms with van der Waals surface area (Å²) in [7, 11) is 0. The van der Waals surface area contributed by atoms with E-state index in [9.17, 15) is 0 Å². The normalized spacial score (nSPS) is 11.8. The number of aromatic nitrogens is 3. The SMILES string of the molecule is Clc1nc(-c2ccc3c(c2)sc2ccccc23)nc(-c2cccc3oc4ccccc4c23)n1. The number of rotatable bonds is 2. The highest BCUT2D eigenvalue weighted by atomic mass is 35.5. The average Bonchev–Trinajstić information content (AvgIpc) is 3.41. The fourth-order valence-corrected chi connectivity index (χ4v) is 5.73. The van der Waals surface area contributed by atoms with Crippen LogP contribution in [0.2, 0.25) is 5.28 Å². The highest BCUT2D eigenvalue weighted by molar-refractivity contribution is 7.25. The van der Waals surface area contributed by atoms with Crippen LogP contribution >= 0.6 is 22.9 Å². The van der Waals surface area contributed by atoms with Gasteiger partial charge in [-0.25, -0.2) is 4.98 Å². The molecule has 0 bridgehead atoms. The van der Waals surface area contributed by atoms with Crippen LogP contribution in [0.3, 0.4) is 0 Å². The van der Waals surface area contributed by atoms with Crippen molar-refractivity contribution in [3.63, 3.8) is 0 Å². The molecule has 0 unspecified atom stereocenters. The zero-order valence-corrected chi connectivity index (χ0v) is 18.7. The molecule has 0 fully saturated rings. The maximum atomic E-state index is 6.39. The van der Waals surface area contributed by atoms with Crippen molar-refractivity contribution in [3.05, 3.63) is 90.2 Å². The highest BCUT2D eigenvalue weighted by Crippen LogP contribution is 2.38. The number of hydrogen-bond acceptors (Lipinski definition) is 5. The molecule has 0 aliphatic heterocycles. The molecule has 0 N–H and O–H groups in total. The number of hydrogen-bond donors (Lipinski definition) is 0. The Labute approximate surface area is 197 Å². The fourth-order valence-electron chi connectivity index (χ4n) is 4.43. The standard InChI is InChI=1S/C27H14ClN3OS/c28-27-30-25(15-12-13-17-16-6-2-4-11-22(16)33-23(17)14-15)29-26(31-27)19-8-5-10-21-24(19)18-7-1-3-9-20(18)32-21/h1-14H. The van der Waals surface area contributed by atoms with Gasteiger partial charge in [0.15, 0.2) is 11.6 Å². The van der Waals surface area contributed by atoms with Crippen LogP contribution < -0.4 is 0 Å². The van der Waals surface area contributed by atoms with E-state index in [1.54, 1.807) is 11.3 Å². The first kappa shape index (κ1) is 18.7. The van der Waals surface area contributed by atoms with Gasteiger partial charge in [0.25, 0.3) is 0 Å². The quantitative estimate of drug-likeness (QED) is 0.259. The zero-order valence-electron chi connectivity index (χ0n) is 17.1. The third-order valence-corrected chi connectivity index (χ3v) is 7.19. The maximum Gasteiger partial charge on any atom is 0.226 e. The number of para-hydroxylation sites is 1. The number of fused-ring (bicyclic) bond motifs is 6. The summed E-state index contributed by atoms with van der Waals surface area (Å²) < 4.78 is 8.49. The molecule has 0 aliphatic carbocycles. The smallest absolute Gasteiger partial charge is 0.226 e. The molecule has 7 rings (SSSR count). The first-order valence-electron chi connectivity index (χ1n) is 10.5. The van der Waals surface area contributed by atoms with Crippen molar-refractivity contribution < 1.29 is 4.42 Å². The monoisotopic (exact) mass is 463 g/mol. The van der Waals surface area contributed by atoms with Gasteiger partial charge >= 0.3 is 0 Å². The van der Waals surface area contributed by atoms with Crippen LogP contribution in [-0.4, -0.2) is 15.0 Å². The van der Waals surface area contributed by atoms with Crippen molar-refractivity contribution in [1.82, 2.24) is 15.0 Å². The van der Waals surface area contributed by atoms with E-state index in [0.717, 1.165) is 33.1 Å². The molecule has 33 heavy (non-hydrogen) atoms. The van der Waals surface area contributed by atoms with Crippen molar-refractivity contribution in [1.29, 1.82) is 0 Å². The molecule has 0 aliphatic rings. The number of benzene rings is 4. The first-order valence-corrected chi connectivity index (χ1v) is 11.7. The summed E-state index contributed by atoms with van der Waals surface area (Å²) in [5.41, 5.74) is 3.39. The molecular weight excluding hydrogens is 450 g/mol. The Bertz CT molecular complexity index is 1850. The van der Waals surface area contributed by atoms with Gasteiger partial charge in [-0.05, 0) is 35.9 Å². The minimum Gasteiger partial charge on any atom is -0.456 e. The van der Waals surface area contributed by atoms with Crippen molar-refractivity contribution in [2.75, 3.05) is 0 Å². The lowest BCUT2D eigenvalue weighted by Gasteiger charge is -2.06. The molecule has 4 nitrogen and oxygen atoms in total. The van der Waals surface area contributed by atoms with Crippen LogP contribution in [0.1, 0.15) is 0 Å². The second kappa shape index (κ2) is 7.10. The Morgan fingerprint density at radius 3 is 2.33 bits per heavy atom. The van der Waals surface area contributed by atoms with Crippen molar-refractivity contribution in [2.24, 2.45) is 0 Å². The van der Waals surface area contributed by atoms with E-state index in [-0.39, 0.29) is 5.28 Å². The summed E-state index contributed by atoms with van der Waals surface area (Å²) in [5, 5.41) is 4.65. The van der Waals surface area contributed by atoms with E-state index >= 15 is 0 Å². The van der Waals surface area contributed by atoms with Crippen molar-refractivity contribution >= 4 is 65.0 Å². The number of furan rings is 1. The van der Waals surface area contributed by atoms with Gasteiger partial charge in [0.1, 0.15) is 11.2 Å². The largest absolute Gasteiger partial charge is 0.456 e. The lowest BCUT2D eigenvalue weighted by atomic mass is 10.1. The van der Waals surface area contributed by atoms with Gasteiger partial charge in [-0.1, -0.05) is 60.7 Å². The van der Waals surface area contributed by atoms with Gasteiger partial charge in [-0.2, -0.15) is 9.97 Å². The van der Waals surface area contributed by atoms with E-state index < -0.39 is 0 Å². The average molecular weight is 464 g/mol. The maximum absolute atomic E-state index is 6.39. The summed E-state index contributed by atoms with van der Waals surface area (Å²) in [6.45, 7) is 0. The van der Waals surface area contributed by atoms with E-state index in [4.69, 9.17) is 21.0 Å². The Kier molecular flexibility index (Phi) is 4.03. The Hall–Kier alpha value is -3.80. The summed E-state index contributed by atoms with van der Waals surface area (Å²) in [6.07, 6.45) is 0. The number of halogens is 1. The number of thiophene rings is 1. The van der Waals surface area contributed by atoms with Gasteiger partial charge in [0.05, 0.1) is 0 Å². The molecule has 0 saturated heterocycles. The Morgan fingerprint density at radius 2 is 1.39 bits per heavy atom. The lowest BCUT2D eigenvalue weighted by molar-refractivity contribution is 0.669. The van der Waals surface area contributed by atoms with Crippen LogP contribution in [-0.2, 0) is 0 Å². The molecule has 0 amide bonds. The number of nitrogens with zero attached hydrogens (tertiary/aromatic N) is 3. The van der Waals surface area contributed by atoms with Crippen molar-refractivity contribution in [3.8, 4) is 22.8 Å². The lowest BCUT2D eigenvalue weighted by Crippen LogP contribution is -1.97. The first-order chi connectivity index (χ1) is 16.2. The van der Waals surface area contributed by atoms with Gasteiger partial charge in [-0.15, -0.1) is 11.3 Å². The molecule has 0 spiro atoms. The van der Waals surface area contributed by atoms with Crippen molar-refractivity contribution in [2.45, 2.75) is 0 Å². The second-order valence-corrected chi connectivity index (χ2v) is 9.26. The topological polar surface area (TPSA) is 51.8 Å². The van der Waals surface area contributed by atoms with Gasteiger partial charge in [0.2, 0.25) is 5.28 Å². The highest BCUT2D eigenvalue weighted by Gasteiger charge is 2.17. The van der Waals surface area contributed by atoms with E-state index in [0.29, 0.717) is 11.6 Å². The van der Waals surface area contributed by atoms with Crippen LogP contribution in [0.5, 0.6) is 0 Å². The molecule has 3 heterocycles. The van der Waals surface area contributed by atoms with Crippen LogP contribution in [0.15, 0.2) is 89.3 Å². The summed E-state index contributed by atoms with van der Waals surface area (Å²) >= 11 is 8.16. The minimum absolute atomic E-state index is 0.163. The summed E-state index contributed by atoms with van der Waals surface area (Å²) in [5.74, 6) is 1.08. The Balaban J connectivity index is 1.44. The van der Waals surface area contributed by atoms with Gasteiger partial charge < -0.3 is 4.42 Å². The third-order valence-electron chi connectivity index (χ3n) is 5.89. The molecule has 0 saturated carbocycles. The fraction of sp³-hybridized carbons (Fsp3) is 0. The van der Waals surface area contributed by atoms with E-state index in [1.165, 1.54) is 20.2 Å². The molecular formula is C27H14ClN3OS. The molecule has 6 heteroatoms. The predicted molar refractivity (Wildman–Crippen MR) is 136 cm³/mol. The summed E-state index contributed by atoms with van der Waals surface area (Å²) in [6, 6.07) is 28.6. The van der Waals surface area contributed by atoms with Gasteiger partial charge in [-0.3, -0.25) is 0 Å². The molecule has 3 aromatic heterocycles. The third kappa shape index (κ3) is 2.94. The molecule has 156 valence electrons. The Morgan fingerprint density at radius 1 is 0.636 bits per heavy atom. The second-order valence-electron chi connectivity index (χ2n) is 7.84. The minimum atomic E-state index is 0.163. The van der Waals surface area contributed by atoms with Crippen LogP contribution in [0.25, 0.3) is 64.9 Å². The van der Waals surface area contributed by atoms with Crippen LogP contribution in [0.4, 0.5) is 0 Å². The molecule has 7 aromatic rings.